The van der Waals surface area contributed by atoms with E-state index in [-0.39, 0.29) is 0 Å². The van der Waals surface area contributed by atoms with E-state index in [1.54, 1.807) is 0 Å². The Balaban J connectivity index is 1.71. The zero-order chi connectivity index (χ0) is 13.9. The fourth-order valence-electron chi connectivity index (χ4n) is 3.35. The van der Waals surface area contributed by atoms with Gasteiger partial charge in [-0.3, -0.25) is 0 Å². The summed E-state index contributed by atoms with van der Waals surface area (Å²) in [7, 11) is 2.22. The van der Waals surface area contributed by atoms with Crippen LogP contribution in [0.15, 0.2) is 42.5 Å². The van der Waals surface area contributed by atoms with Crippen LogP contribution in [0.4, 0.5) is 0 Å². The molecule has 0 bridgehead atoms. The maximum absolute atomic E-state index is 3.77. The highest BCUT2D eigenvalue weighted by atomic mass is 15.1. The minimum atomic E-state index is 0.644. The van der Waals surface area contributed by atoms with Gasteiger partial charge in [0.05, 0.1) is 0 Å². The molecule has 20 heavy (non-hydrogen) atoms. The molecule has 1 aliphatic heterocycles. The lowest BCUT2D eigenvalue weighted by Crippen LogP contribution is -2.46. The summed E-state index contributed by atoms with van der Waals surface area (Å²) in [6.45, 7) is 5.74. The van der Waals surface area contributed by atoms with Crippen LogP contribution in [0, 0.1) is 5.92 Å². The third-order valence-electron chi connectivity index (χ3n) is 4.54. The average Bonchev–Trinajstić information content (AvgIpc) is 2.46. The van der Waals surface area contributed by atoms with Crippen molar-refractivity contribution in [3.63, 3.8) is 0 Å². The molecule has 1 saturated heterocycles. The monoisotopic (exact) mass is 268 g/mol. The second-order valence-corrected chi connectivity index (χ2v) is 6.15. The lowest BCUT2D eigenvalue weighted by atomic mass is 9.94. The molecule has 1 N–H and O–H groups in total. The van der Waals surface area contributed by atoms with E-state index >= 15 is 0 Å². The van der Waals surface area contributed by atoms with Gasteiger partial charge in [-0.15, -0.1) is 0 Å². The molecule has 2 nitrogen and oxygen atoms in total. The smallest absolute Gasteiger partial charge is 0.0214 e. The Morgan fingerprint density at radius 1 is 1.15 bits per heavy atom. The first-order chi connectivity index (χ1) is 9.74. The lowest BCUT2D eigenvalue weighted by Gasteiger charge is -2.35. The van der Waals surface area contributed by atoms with Gasteiger partial charge >= 0.3 is 0 Å². The van der Waals surface area contributed by atoms with E-state index in [2.05, 4.69) is 66.7 Å². The van der Waals surface area contributed by atoms with Crippen LogP contribution in [0.1, 0.15) is 18.9 Å². The topological polar surface area (TPSA) is 15.3 Å². The van der Waals surface area contributed by atoms with Crippen molar-refractivity contribution in [2.45, 2.75) is 25.9 Å². The molecule has 3 rings (SSSR count). The van der Waals surface area contributed by atoms with Crippen molar-refractivity contribution in [2.75, 3.05) is 20.1 Å². The van der Waals surface area contributed by atoms with Gasteiger partial charge in [0.25, 0.3) is 0 Å². The molecular formula is C18H24N2. The molecule has 1 aliphatic rings. The number of benzene rings is 2. The Morgan fingerprint density at radius 2 is 1.95 bits per heavy atom. The fraction of sp³-hybridized carbons (Fsp3) is 0.444. The summed E-state index contributed by atoms with van der Waals surface area (Å²) in [5.41, 5.74) is 1.41. The van der Waals surface area contributed by atoms with Gasteiger partial charge in [0, 0.05) is 19.1 Å². The third-order valence-corrected chi connectivity index (χ3v) is 4.54. The fourth-order valence-corrected chi connectivity index (χ4v) is 3.35. The van der Waals surface area contributed by atoms with Crippen LogP contribution in [-0.2, 0) is 6.54 Å². The van der Waals surface area contributed by atoms with Gasteiger partial charge in [-0.05, 0) is 42.3 Å². The summed E-state index contributed by atoms with van der Waals surface area (Å²) < 4.78 is 0. The molecule has 2 atom stereocenters. The SMILES string of the molecule is CC1CN(C)CCC1NCc1cccc2ccccc12. The summed E-state index contributed by atoms with van der Waals surface area (Å²) in [5, 5.41) is 6.49. The van der Waals surface area contributed by atoms with Crippen LogP contribution in [-0.4, -0.2) is 31.1 Å². The van der Waals surface area contributed by atoms with Crippen molar-refractivity contribution in [1.29, 1.82) is 0 Å². The summed E-state index contributed by atoms with van der Waals surface area (Å²) in [4.78, 5) is 2.43. The Kier molecular flexibility index (Phi) is 4.04. The summed E-state index contributed by atoms with van der Waals surface area (Å²) >= 11 is 0. The van der Waals surface area contributed by atoms with E-state index in [4.69, 9.17) is 0 Å². The Morgan fingerprint density at radius 3 is 2.80 bits per heavy atom. The number of nitrogens with one attached hydrogen (secondary N) is 1. The van der Waals surface area contributed by atoms with Crippen LogP contribution in [0.2, 0.25) is 0 Å². The van der Waals surface area contributed by atoms with Crippen LogP contribution >= 0.6 is 0 Å². The first-order valence-electron chi connectivity index (χ1n) is 7.62. The molecule has 2 unspecified atom stereocenters. The number of piperidine rings is 1. The predicted octanol–water partition coefficient (Wildman–Crippen LogP) is 3.27. The van der Waals surface area contributed by atoms with Gasteiger partial charge in [0.1, 0.15) is 0 Å². The van der Waals surface area contributed by atoms with Crippen LogP contribution < -0.4 is 5.32 Å². The molecule has 2 aromatic carbocycles. The second kappa shape index (κ2) is 5.94. The van der Waals surface area contributed by atoms with Crippen LogP contribution in [0.3, 0.4) is 0 Å². The minimum Gasteiger partial charge on any atom is -0.310 e. The number of nitrogens with zero attached hydrogens (tertiary/aromatic N) is 1. The lowest BCUT2D eigenvalue weighted by molar-refractivity contribution is 0.174. The molecule has 0 aromatic heterocycles. The van der Waals surface area contributed by atoms with Crippen LogP contribution in [0.25, 0.3) is 10.8 Å². The molecule has 0 radical (unpaired) electrons. The molecule has 0 aliphatic carbocycles. The van der Waals surface area contributed by atoms with Crippen molar-refractivity contribution in [1.82, 2.24) is 10.2 Å². The minimum absolute atomic E-state index is 0.644. The van der Waals surface area contributed by atoms with E-state index in [0.717, 1.165) is 12.5 Å². The highest BCUT2D eigenvalue weighted by Crippen LogP contribution is 2.20. The standard InChI is InChI=1S/C18H24N2/c1-14-13-20(2)11-10-18(14)19-12-16-8-5-7-15-6-3-4-9-17(15)16/h3-9,14,18-19H,10-13H2,1-2H3. The number of hydrogen-bond donors (Lipinski definition) is 1. The predicted molar refractivity (Wildman–Crippen MR) is 85.9 cm³/mol. The van der Waals surface area contributed by atoms with E-state index in [0.29, 0.717) is 6.04 Å². The van der Waals surface area contributed by atoms with Crippen molar-refractivity contribution >= 4 is 10.8 Å². The van der Waals surface area contributed by atoms with Gasteiger partial charge in [-0.2, -0.15) is 0 Å². The van der Waals surface area contributed by atoms with Gasteiger partial charge in [-0.1, -0.05) is 49.4 Å². The first kappa shape index (κ1) is 13.6. The van der Waals surface area contributed by atoms with E-state index in [1.807, 2.05) is 0 Å². The largest absolute Gasteiger partial charge is 0.310 e. The van der Waals surface area contributed by atoms with Crippen molar-refractivity contribution in [3.05, 3.63) is 48.0 Å². The first-order valence-corrected chi connectivity index (χ1v) is 7.62. The normalized spacial score (nSPS) is 24.1. The molecular weight excluding hydrogens is 244 g/mol. The number of likely N-dealkylation sites (tertiary alicyclic amines) is 1. The van der Waals surface area contributed by atoms with Gasteiger partial charge in [0.15, 0.2) is 0 Å². The highest BCUT2D eigenvalue weighted by Gasteiger charge is 2.23. The van der Waals surface area contributed by atoms with Crippen LogP contribution in [0.5, 0.6) is 0 Å². The summed E-state index contributed by atoms with van der Waals surface area (Å²) in [5.74, 6) is 0.726. The number of hydrogen-bond acceptors (Lipinski definition) is 2. The van der Waals surface area contributed by atoms with E-state index in [9.17, 15) is 0 Å². The Bertz CT molecular complexity index is 573. The molecule has 2 aromatic rings. The van der Waals surface area contributed by atoms with Crippen molar-refractivity contribution in [3.8, 4) is 0 Å². The van der Waals surface area contributed by atoms with Crippen molar-refractivity contribution in [2.24, 2.45) is 5.92 Å². The zero-order valence-corrected chi connectivity index (χ0v) is 12.5. The summed E-state index contributed by atoms with van der Waals surface area (Å²) in [6.07, 6.45) is 1.25. The van der Waals surface area contributed by atoms with Crippen molar-refractivity contribution < 1.29 is 0 Å². The maximum Gasteiger partial charge on any atom is 0.0214 e. The number of fused-ring (bicyclic) bond motifs is 1. The van der Waals surface area contributed by atoms with E-state index < -0.39 is 0 Å². The molecule has 1 fully saturated rings. The quantitative estimate of drug-likeness (QED) is 0.919. The molecule has 0 spiro atoms. The van der Waals surface area contributed by atoms with Gasteiger partial charge in [-0.25, -0.2) is 0 Å². The average molecular weight is 268 g/mol. The Labute approximate surface area is 121 Å². The molecule has 1 heterocycles. The molecule has 0 amide bonds. The molecule has 0 saturated carbocycles. The van der Waals surface area contributed by atoms with Gasteiger partial charge < -0.3 is 10.2 Å². The Hall–Kier alpha value is -1.38. The van der Waals surface area contributed by atoms with E-state index in [1.165, 1.54) is 35.8 Å². The number of rotatable bonds is 3. The highest BCUT2D eigenvalue weighted by molar-refractivity contribution is 5.85. The zero-order valence-electron chi connectivity index (χ0n) is 12.5. The summed E-state index contributed by atoms with van der Waals surface area (Å²) in [6, 6.07) is 15.9. The molecule has 106 valence electrons. The third kappa shape index (κ3) is 2.87. The van der Waals surface area contributed by atoms with Gasteiger partial charge in [0.2, 0.25) is 0 Å². The second-order valence-electron chi connectivity index (χ2n) is 6.15. The maximum atomic E-state index is 3.77. The molecule has 2 heteroatoms.